The van der Waals surface area contributed by atoms with Crippen LogP contribution < -0.4 is 16.2 Å². The molecule has 100 valence electrons. The van der Waals surface area contributed by atoms with Crippen LogP contribution in [0.2, 0.25) is 0 Å². The first-order valence-electron chi connectivity index (χ1n) is 6.32. The molecule has 6 nitrogen and oxygen atoms in total. The molecule has 0 aromatic carbocycles. The Hall–Kier alpha value is -1.40. The maximum absolute atomic E-state index is 5.51. The van der Waals surface area contributed by atoms with E-state index in [1.807, 2.05) is 13.8 Å². The summed E-state index contributed by atoms with van der Waals surface area (Å²) in [4.78, 5) is 11.2. The fourth-order valence-corrected chi connectivity index (χ4v) is 2.19. The van der Waals surface area contributed by atoms with Gasteiger partial charge in [-0.05, 0) is 13.3 Å². The first-order chi connectivity index (χ1) is 8.67. The van der Waals surface area contributed by atoms with Crippen LogP contribution in [-0.4, -0.2) is 36.3 Å². The van der Waals surface area contributed by atoms with Gasteiger partial charge in [-0.25, -0.2) is 15.8 Å². The van der Waals surface area contributed by atoms with E-state index in [0.29, 0.717) is 11.9 Å². The Bertz CT molecular complexity index is 417. The summed E-state index contributed by atoms with van der Waals surface area (Å²) in [6.07, 6.45) is 1.82. The zero-order valence-electron chi connectivity index (χ0n) is 11.2. The minimum absolute atomic E-state index is 0.383. The third-order valence-electron chi connectivity index (χ3n) is 3.41. The number of rotatable bonds is 4. The van der Waals surface area contributed by atoms with Crippen molar-refractivity contribution in [1.29, 1.82) is 0 Å². The summed E-state index contributed by atoms with van der Waals surface area (Å²) in [5.41, 5.74) is 3.62. The first kappa shape index (κ1) is 13.0. The molecule has 2 rings (SSSR count). The van der Waals surface area contributed by atoms with Crippen LogP contribution in [0.1, 0.15) is 24.7 Å². The largest absolute Gasteiger partial charge is 0.379 e. The number of ether oxygens (including phenoxy) is 1. The molecule has 1 aromatic heterocycles. The third-order valence-corrected chi connectivity index (χ3v) is 3.41. The molecule has 1 aliphatic heterocycles. The number of hydrogen-bond acceptors (Lipinski definition) is 6. The minimum Gasteiger partial charge on any atom is -0.379 e. The van der Waals surface area contributed by atoms with Crippen LogP contribution in [0.4, 0.5) is 11.6 Å². The van der Waals surface area contributed by atoms with Gasteiger partial charge in [0.2, 0.25) is 0 Å². The van der Waals surface area contributed by atoms with E-state index < -0.39 is 0 Å². The Morgan fingerprint density at radius 2 is 2.28 bits per heavy atom. The van der Waals surface area contributed by atoms with Crippen molar-refractivity contribution in [2.75, 3.05) is 30.6 Å². The molecule has 0 saturated carbocycles. The predicted molar refractivity (Wildman–Crippen MR) is 71.6 cm³/mol. The summed E-state index contributed by atoms with van der Waals surface area (Å²) >= 11 is 0. The average Bonchev–Trinajstić information content (AvgIpc) is 2.92. The Balaban J connectivity index is 2.35. The van der Waals surface area contributed by atoms with Crippen molar-refractivity contribution < 1.29 is 4.74 Å². The number of aryl methyl sites for hydroxylation is 1. The van der Waals surface area contributed by atoms with Crippen molar-refractivity contribution in [1.82, 2.24) is 9.97 Å². The highest BCUT2D eigenvalue weighted by molar-refractivity contribution is 5.58. The highest BCUT2D eigenvalue weighted by Gasteiger charge is 2.24. The van der Waals surface area contributed by atoms with Crippen LogP contribution in [0.5, 0.6) is 0 Å². The van der Waals surface area contributed by atoms with Gasteiger partial charge in [0.25, 0.3) is 0 Å². The van der Waals surface area contributed by atoms with Crippen molar-refractivity contribution in [2.45, 2.75) is 32.7 Å². The monoisotopic (exact) mass is 251 g/mol. The van der Waals surface area contributed by atoms with E-state index in [2.05, 4.69) is 27.3 Å². The summed E-state index contributed by atoms with van der Waals surface area (Å²) in [5.74, 6) is 7.95. The van der Waals surface area contributed by atoms with Gasteiger partial charge in [-0.2, -0.15) is 0 Å². The first-order valence-corrected chi connectivity index (χ1v) is 6.32. The second-order valence-electron chi connectivity index (χ2n) is 4.56. The molecule has 1 aromatic rings. The molecule has 2 heterocycles. The molecular formula is C12H21N5O. The Morgan fingerprint density at radius 1 is 1.50 bits per heavy atom. The maximum atomic E-state index is 5.51. The summed E-state index contributed by atoms with van der Waals surface area (Å²) < 4.78 is 5.43. The van der Waals surface area contributed by atoms with Gasteiger partial charge in [0, 0.05) is 25.6 Å². The Kier molecular flexibility index (Phi) is 3.98. The molecule has 3 N–H and O–H groups in total. The Morgan fingerprint density at radius 3 is 2.83 bits per heavy atom. The lowest BCUT2D eigenvalue weighted by molar-refractivity contribution is 0.193. The van der Waals surface area contributed by atoms with Crippen LogP contribution in [0, 0.1) is 6.92 Å². The topological polar surface area (TPSA) is 76.3 Å². The van der Waals surface area contributed by atoms with E-state index in [9.17, 15) is 0 Å². The maximum Gasteiger partial charge on any atom is 0.148 e. The molecule has 1 unspecified atom stereocenters. The molecule has 0 amide bonds. The molecule has 1 fully saturated rings. The number of likely N-dealkylation sites (N-methyl/N-ethyl adjacent to an activating group) is 1. The molecule has 6 heteroatoms. The molecule has 1 saturated heterocycles. The summed E-state index contributed by atoms with van der Waals surface area (Å²) in [6, 6.07) is 0.383. The van der Waals surface area contributed by atoms with E-state index in [4.69, 9.17) is 10.6 Å². The quantitative estimate of drug-likeness (QED) is 0.610. The summed E-state index contributed by atoms with van der Waals surface area (Å²) in [6.45, 7) is 5.60. The average molecular weight is 251 g/mol. The van der Waals surface area contributed by atoms with Gasteiger partial charge in [0.1, 0.15) is 17.5 Å². The zero-order valence-corrected chi connectivity index (χ0v) is 11.2. The molecule has 0 spiro atoms. The number of aromatic nitrogens is 2. The van der Waals surface area contributed by atoms with E-state index in [-0.39, 0.29) is 0 Å². The lowest BCUT2D eigenvalue weighted by atomic mass is 10.2. The molecule has 1 atom stereocenters. The van der Waals surface area contributed by atoms with E-state index >= 15 is 0 Å². The van der Waals surface area contributed by atoms with Gasteiger partial charge in [-0.15, -0.1) is 0 Å². The highest BCUT2D eigenvalue weighted by Crippen LogP contribution is 2.25. The lowest BCUT2D eigenvalue weighted by Gasteiger charge is -2.26. The normalized spacial score (nSPS) is 19.0. The number of nitrogen functional groups attached to an aromatic ring is 1. The van der Waals surface area contributed by atoms with Crippen LogP contribution in [0.15, 0.2) is 0 Å². The molecule has 0 radical (unpaired) electrons. The fourth-order valence-electron chi connectivity index (χ4n) is 2.19. The summed E-state index contributed by atoms with van der Waals surface area (Å²) in [5, 5.41) is 0. The minimum atomic E-state index is 0.383. The second-order valence-corrected chi connectivity index (χ2v) is 4.56. The zero-order chi connectivity index (χ0) is 13.1. The number of nitrogens with two attached hydrogens (primary N) is 1. The van der Waals surface area contributed by atoms with Crippen molar-refractivity contribution in [3.8, 4) is 0 Å². The SMILES string of the molecule is CCc1nc(NN)c(C)c(N(C)C2CCOC2)n1. The Labute approximate surface area is 108 Å². The van der Waals surface area contributed by atoms with Crippen LogP contribution in [-0.2, 0) is 11.2 Å². The van der Waals surface area contributed by atoms with E-state index in [1.54, 1.807) is 0 Å². The van der Waals surface area contributed by atoms with Crippen molar-refractivity contribution >= 4 is 11.6 Å². The molecule has 18 heavy (non-hydrogen) atoms. The van der Waals surface area contributed by atoms with Gasteiger partial charge in [0.05, 0.1) is 12.6 Å². The van der Waals surface area contributed by atoms with E-state index in [0.717, 1.165) is 43.3 Å². The molecule has 0 aliphatic carbocycles. The number of hydrazine groups is 1. The predicted octanol–water partition coefficient (Wildman–Crippen LogP) is 0.858. The van der Waals surface area contributed by atoms with E-state index in [1.165, 1.54) is 0 Å². The molecule has 0 bridgehead atoms. The highest BCUT2D eigenvalue weighted by atomic mass is 16.5. The van der Waals surface area contributed by atoms with Crippen molar-refractivity contribution in [3.63, 3.8) is 0 Å². The van der Waals surface area contributed by atoms with Gasteiger partial charge < -0.3 is 15.1 Å². The smallest absolute Gasteiger partial charge is 0.148 e. The fraction of sp³-hybridized carbons (Fsp3) is 0.667. The van der Waals surface area contributed by atoms with Crippen molar-refractivity contribution in [2.24, 2.45) is 5.84 Å². The lowest BCUT2D eigenvalue weighted by Crippen LogP contribution is -2.33. The van der Waals surface area contributed by atoms with Gasteiger partial charge in [-0.1, -0.05) is 6.92 Å². The third kappa shape index (κ3) is 2.39. The standard InChI is InChI=1S/C12H21N5O/c1-4-10-14-11(16-13)8(2)12(15-10)17(3)9-5-6-18-7-9/h9H,4-7,13H2,1-3H3,(H,14,15,16). The molecule has 1 aliphatic rings. The second kappa shape index (κ2) is 5.49. The van der Waals surface area contributed by atoms with Crippen LogP contribution >= 0.6 is 0 Å². The van der Waals surface area contributed by atoms with Gasteiger partial charge in [-0.3, -0.25) is 0 Å². The molecular weight excluding hydrogens is 230 g/mol. The van der Waals surface area contributed by atoms with Gasteiger partial charge >= 0.3 is 0 Å². The number of nitrogens with zero attached hydrogens (tertiary/aromatic N) is 3. The number of nitrogens with one attached hydrogen (secondary N) is 1. The summed E-state index contributed by atoms with van der Waals surface area (Å²) in [7, 11) is 2.05. The number of hydrogen-bond donors (Lipinski definition) is 2. The number of anilines is 2. The van der Waals surface area contributed by atoms with Crippen LogP contribution in [0.25, 0.3) is 0 Å². The van der Waals surface area contributed by atoms with Crippen LogP contribution in [0.3, 0.4) is 0 Å². The van der Waals surface area contributed by atoms with Crippen molar-refractivity contribution in [3.05, 3.63) is 11.4 Å². The van der Waals surface area contributed by atoms with Gasteiger partial charge in [0.15, 0.2) is 0 Å².